The molecule has 3 aromatic rings. The third-order valence-electron chi connectivity index (χ3n) is 4.41. The van der Waals surface area contributed by atoms with Crippen molar-refractivity contribution >= 4 is 34.4 Å². The number of rotatable bonds is 3. The van der Waals surface area contributed by atoms with Crippen molar-refractivity contribution in [2.45, 2.75) is 12.6 Å². The van der Waals surface area contributed by atoms with Crippen LogP contribution in [0.5, 0.6) is 0 Å². The first-order valence-electron chi connectivity index (χ1n) is 8.70. The fraction of sp³-hybridized carbons (Fsp3) is 0.353. The molecule has 3 aromatic heterocycles. The van der Waals surface area contributed by atoms with Gasteiger partial charge in [-0.1, -0.05) is 0 Å². The normalized spacial score (nSPS) is 15.6. The zero-order valence-electron chi connectivity index (χ0n) is 14.7. The molecular formula is C17H17F3N6OS. The van der Waals surface area contributed by atoms with Crippen molar-refractivity contribution in [2.24, 2.45) is 0 Å². The Morgan fingerprint density at radius 2 is 2.07 bits per heavy atom. The molecule has 4 heterocycles. The summed E-state index contributed by atoms with van der Waals surface area (Å²) >= 11 is 0.538. The van der Waals surface area contributed by atoms with Crippen LogP contribution in [0.1, 0.15) is 21.8 Å². The van der Waals surface area contributed by atoms with E-state index in [9.17, 15) is 18.0 Å². The van der Waals surface area contributed by atoms with Crippen molar-refractivity contribution < 1.29 is 18.0 Å². The minimum atomic E-state index is -4.52. The highest BCUT2D eigenvalue weighted by Gasteiger charge is 2.35. The fourth-order valence-corrected chi connectivity index (χ4v) is 3.79. The first-order valence-corrected chi connectivity index (χ1v) is 9.58. The molecule has 2 N–H and O–H groups in total. The number of carbonyl (C=O) groups is 1. The molecule has 1 aliphatic rings. The Morgan fingerprint density at radius 3 is 2.89 bits per heavy atom. The largest absolute Gasteiger partial charge is 0.427 e. The number of alkyl halides is 3. The van der Waals surface area contributed by atoms with Gasteiger partial charge < -0.3 is 15.5 Å². The third-order valence-corrected chi connectivity index (χ3v) is 5.37. The molecule has 148 valence electrons. The summed E-state index contributed by atoms with van der Waals surface area (Å²) in [7, 11) is 0. The Labute approximate surface area is 162 Å². The molecule has 4 rings (SSSR count). The van der Waals surface area contributed by atoms with Crippen LogP contribution in [0.2, 0.25) is 0 Å². The third kappa shape index (κ3) is 3.67. The molecule has 1 fully saturated rings. The smallest absolute Gasteiger partial charge is 0.338 e. The van der Waals surface area contributed by atoms with Crippen LogP contribution >= 0.6 is 11.3 Å². The molecule has 1 saturated heterocycles. The fourth-order valence-electron chi connectivity index (χ4n) is 3.07. The maximum absolute atomic E-state index is 13.0. The minimum absolute atomic E-state index is 0.144. The second kappa shape index (κ2) is 7.40. The number of anilines is 2. The number of aromatic nitrogens is 3. The predicted molar refractivity (Wildman–Crippen MR) is 100.0 cm³/mol. The van der Waals surface area contributed by atoms with E-state index >= 15 is 0 Å². The number of amides is 1. The molecule has 7 nitrogen and oxygen atoms in total. The highest BCUT2D eigenvalue weighted by atomic mass is 32.1. The van der Waals surface area contributed by atoms with E-state index in [2.05, 4.69) is 20.7 Å². The number of halogens is 3. The molecule has 0 spiro atoms. The predicted octanol–water partition coefficient (Wildman–Crippen LogP) is 2.86. The van der Waals surface area contributed by atoms with E-state index in [0.29, 0.717) is 22.8 Å². The highest BCUT2D eigenvalue weighted by Crippen LogP contribution is 2.39. The van der Waals surface area contributed by atoms with E-state index in [0.717, 1.165) is 32.6 Å². The molecular weight excluding hydrogens is 393 g/mol. The summed E-state index contributed by atoms with van der Waals surface area (Å²) in [5.41, 5.74) is 0.472. The standard InChI is InChI=1S/C17H17F3N6OS/c18-17(19,20)14-12(4-9-28-14)23-15(27)13-3-2-11-10-22-16(24-26(11)13)25-7-1-5-21-6-8-25/h2-4,9-10,21H,1,5-8H2,(H,23,27). The van der Waals surface area contributed by atoms with Gasteiger partial charge in [0.2, 0.25) is 5.95 Å². The van der Waals surface area contributed by atoms with Crippen molar-refractivity contribution in [3.63, 3.8) is 0 Å². The molecule has 11 heteroatoms. The summed E-state index contributed by atoms with van der Waals surface area (Å²) < 4.78 is 40.5. The first kappa shape index (κ1) is 18.7. The number of nitrogens with one attached hydrogen (secondary N) is 2. The Hall–Kier alpha value is -2.66. The minimum Gasteiger partial charge on any atom is -0.338 e. The number of thiophene rings is 1. The van der Waals surface area contributed by atoms with E-state index in [-0.39, 0.29) is 11.4 Å². The molecule has 0 unspecified atom stereocenters. The van der Waals surface area contributed by atoms with Crippen LogP contribution in [0, 0.1) is 0 Å². The lowest BCUT2D eigenvalue weighted by Gasteiger charge is -2.19. The van der Waals surface area contributed by atoms with Gasteiger partial charge in [-0.15, -0.1) is 16.4 Å². The Balaban J connectivity index is 1.62. The lowest BCUT2D eigenvalue weighted by Crippen LogP contribution is -2.30. The van der Waals surface area contributed by atoms with Gasteiger partial charge in [0.1, 0.15) is 10.6 Å². The van der Waals surface area contributed by atoms with Crippen LogP contribution in [0.4, 0.5) is 24.8 Å². The number of hydrogen-bond donors (Lipinski definition) is 2. The van der Waals surface area contributed by atoms with Crippen LogP contribution in [-0.4, -0.2) is 46.7 Å². The van der Waals surface area contributed by atoms with Gasteiger partial charge >= 0.3 is 6.18 Å². The van der Waals surface area contributed by atoms with Gasteiger partial charge in [0.05, 0.1) is 17.4 Å². The Morgan fingerprint density at radius 1 is 1.21 bits per heavy atom. The average Bonchev–Trinajstić information content (AvgIpc) is 3.20. The van der Waals surface area contributed by atoms with E-state index in [1.54, 1.807) is 12.3 Å². The molecule has 0 aromatic carbocycles. The summed E-state index contributed by atoms with van der Waals surface area (Å²) in [5, 5.41) is 11.4. The molecule has 0 atom stereocenters. The van der Waals surface area contributed by atoms with Crippen molar-refractivity contribution in [1.82, 2.24) is 19.9 Å². The first-order chi connectivity index (χ1) is 13.4. The highest BCUT2D eigenvalue weighted by molar-refractivity contribution is 7.10. The maximum atomic E-state index is 13.0. The van der Waals surface area contributed by atoms with E-state index in [4.69, 9.17) is 0 Å². The van der Waals surface area contributed by atoms with Gasteiger partial charge in [0.25, 0.3) is 5.91 Å². The van der Waals surface area contributed by atoms with E-state index in [1.165, 1.54) is 22.0 Å². The molecule has 28 heavy (non-hydrogen) atoms. The summed E-state index contributed by atoms with van der Waals surface area (Å²) in [4.78, 5) is 18.2. The molecule has 0 bridgehead atoms. The van der Waals surface area contributed by atoms with Gasteiger partial charge in [0.15, 0.2) is 0 Å². The second-order valence-electron chi connectivity index (χ2n) is 6.32. The van der Waals surface area contributed by atoms with Crippen molar-refractivity contribution in [3.8, 4) is 0 Å². The number of carbonyl (C=O) groups excluding carboxylic acids is 1. The molecule has 0 radical (unpaired) electrons. The molecule has 0 saturated carbocycles. The van der Waals surface area contributed by atoms with Gasteiger partial charge in [-0.3, -0.25) is 4.79 Å². The zero-order valence-corrected chi connectivity index (χ0v) is 15.5. The van der Waals surface area contributed by atoms with Crippen molar-refractivity contribution in [1.29, 1.82) is 0 Å². The van der Waals surface area contributed by atoms with Gasteiger partial charge in [0, 0.05) is 19.6 Å². The second-order valence-corrected chi connectivity index (χ2v) is 7.24. The lowest BCUT2D eigenvalue weighted by molar-refractivity contribution is -0.133. The van der Waals surface area contributed by atoms with Crippen LogP contribution < -0.4 is 15.5 Å². The monoisotopic (exact) mass is 410 g/mol. The average molecular weight is 410 g/mol. The molecule has 1 aliphatic heterocycles. The summed E-state index contributed by atoms with van der Waals surface area (Å²) in [5.74, 6) is -0.181. The zero-order chi connectivity index (χ0) is 19.7. The number of fused-ring (bicyclic) bond motifs is 1. The number of hydrogen-bond acceptors (Lipinski definition) is 6. The Bertz CT molecular complexity index is 990. The van der Waals surface area contributed by atoms with Gasteiger partial charge in [-0.2, -0.15) is 13.2 Å². The van der Waals surface area contributed by atoms with E-state index in [1.807, 2.05) is 4.90 Å². The lowest BCUT2D eigenvalue weighted by atomic mass is 10.3. The van der Waals surface area contributed by atoms with Crippen molar-refractivity contribution in [3.05, 3.63) is 40.3 Å². The van der Waals surface area contributed by atoms with Crippen LogP contribution in [0.3, 0.4) is 0 Å². The van der Waals surface area contributed by atoms with Crippen LogP contribution in [-0.2, 0) is 6.18 Å². The number of nitrogens with zero attached hydrogens (tertiary/aromatic N) is 4. The molecule has 0 aliphatic carbocycles. The van der Waals surface area contributed by atoms with Crippen LogP contribution in [0.25, 0.3) is 5.52 Å². The van der Waals surface area contributed by atoms with Crippen LogP contribution in [0.15, 0.2) is 29.8 Å². The van der Waals surface area contributed by atoms with Crippen molar-refractivity contribution in [2.75, 3.05) is 36.4 Å². The Kier molecular flexibility index (Phi) is 4.94. The summed E-state index contributed by atoms with van der Waals surface area (Å²) in [6.07, 6.45) is -1.98. The van der Waals surface area contributed by atoms with Gasteiger partial charge in [-0.25, -0.2) is 9.50 Å². The van der Waals surface area contributed by atoms with Gasteiger partial charge in [-0.05, 0) is 36.5 Å². The summed E-state index contributed by atoms with van der Waals surface area (Å²) in [6, 6.07) is 4.42. The van der Waals surface area contributed by atoms with E-state index < -0.39 is 17.0 Å². The topological polar surface area (TPSA) is 74.6 Å². The summed E-state index contributed by atoms with van der Waals surface area (Å²) in [6.45, 7) is 3.24. The quantitative estimate of drug-likeness (QED) is 0.695. The SMILES string of the molecule is O=C(Nc1ccsc1C(F)(F)F)c1ccc2cnc(N3CCCNCC3)nn12. The maximum Gasteiger partial charge on any atom is 0.427 e. The molecule has 1 amide bonds.